The third-order valence-electron chi connectivity index (χ3n) is 2.55. The SMILES string of the molecule is CN(Cc1ncc[nH]1)C(=O)Nc1ccc(C#N)cc1. The van der Waals surface area contributed by atoms with E-state index < -0.39 is 0 Å². The van der Waals surface area contributed by atoms with Gasteiger partial charge in [-0.2, -0.15) is 5.26 Å². The number of nitrogens with one attached hydrogen (secondary N) is 2. The number of anilines is 1. The third-order valence-corrected chi connectivity index (χ3v) is 2.55. The molecule has 1 aromatic carbocycles. The van der Waals surface area contributed by atoms with Crippen LogP contribution in [0.2, 0.25) is 0 Å². The minimum atomic E-state index is -0.235. The molecule has 19 heavy (non-hydrogen) atoms. The summed E-state index contributed by atoms with van der Waals surface area (Å²) in [6.45, 7) is 0.398. The molecule has 1 heterocycles. The van der Waals surface area contributed by atoms with Crippen LogP contribution >= 0.6 is 0 Å². The van der Waals surface area contributed by atoms with Crippen molar-refractivity contribution in [2.75, 3.05) is 12.4 Å². The van der Waals surface area contributed by atoms with Crippen molar-refractivity contribution < 1.29 is 4.79 Å². The summed E-state index contributed by atoms with van der Waals surface area (Å²) in [5, 5.41) is 11.4. The van der Waals surface area contributed by atoms with Crippen molar-refractivity contribution in [2.45, 2.75) is 6.54 Å². The summed E-state index contributed by atoms with van der Waals surface area (Å²) in [6, 6.07) is 8.48. The molecule has 2 rings (SSSR count). The lowest BCUT2D eigenvalue weighted by Gasteiger charge is -2.16. The van der Waals surface area contributed by atoms with Gasteiger partial charge in [0.25, 0.3) is 0 Å². The van der Waals surface area contributed by atoms with Gasteiger partial charge in [-0.25, -0.2) is 9.78 Å². The predicted octanol–water partition coefficient (Wildman–Crippen LogP) is 1.95. The molecule has 0 aliphatic rings. The number of nitrogens with zero attached hydrogens (tertiary/aromatic N) is 3. The Morgan fingerprint density at radius 2 is 2.21 bits per heavy atom. The number of hydrogen-bond donors (Lipinski definition) is 2. The number of aromatic amines is 1. The minimum absolute atomic E-state index is 0.235. The van der Waals surface area contributed by atoms with Crippen LogP contribution in [0.3, 0.4) is 0 Å². The molecule has 6 heteroatoms. The Labute approximate surface area is 110 Å². The molecule has 0 unspecified atom stereocenters. The molecule has 6 nitrogen and oxygen atoms in total. The lowest BCUT2D eigenvalue weighted by molar-refractivity contribution is 0.219. The number of urea groups is 1. The Morgan fingerprint density at radius 3 is 2.79 bits per heavy atom. The lowest BCUT2D eigenvalue weighted by atomic mass is 10.2. The molecule has 0 aliphatic heterocycles. The van der Waals surface area contributed by atoms with Crippen LogP contribution in [0.15, 0.2) is 36.7 Å². The summed E-state index contributed by atoms with van der Waals surface area (Å²) in [5.41, 5.74) is 1.21. The smallest absolute Gasteiger partial charge is 0.321 e. The fourth-order valence-electron chi connectivity index (χ4n) is 1.53. The summed E-state index contributed by atoms with van der Waals surface area (Å²) in [4.78, 5) is 20.4. The highest BCUT2D eigenvalue weighted by Gasteiger charge is 2.10. The van der Waals surface area contributed by atoms with Gasteiger partial charge in [-0.1, -0.05) is 0 Å². The van der Waals surface area contributed by atoms with E-state index in [1.54, 1.807) is 43.7 Å². The quantitative estimate of drug-likeness (QED) is 0.879. The maximum atomic E-state index is 11.9. The van der Waals surface area contributed by atoms with Crippen LogP contribution in [0.5, 0.6) is 0 Å². The highest BCUT2D eigenvalue weighted by atomic mass is 16.2. The fraction of sp³-hybridized carbons (Fsp3) is 0.154. The van der Waals surface area contributed by atoms with Crippen LogP contribution in [0, 0.1) is 11.3 Å². The normalized spacial score (nSPS) is 9.68. The van der Waals surface area contributed by atoms with Gasteiger partial charge in [-0.05, 0) is 24.3 Å². The molecular weight excluding hydrogens is 242 g/mol. The number of benzene rings is 1. The first-order valence-corrected chi connectivity index (χ1v) is 5.69. The molecule has 0 spiro atoms. The van der Waals surface area contributed by atoms with Crippen molar-refractivity contribution in [3.63, 3.8) is 0 Å². The largest absolute Gasteiger partial charge is 0.347 e. The molecule has 0 aliphatic carbocycles. The number of amides is 2. The number of hydrogen-bond acceptors (Lipinski definition) is 3. The first-order chi connectivity index (χ1) is 9.19. The number of nitriles is 1. The molecule has 0 radical (unpaired) electrons. The maximum absolute atomic E-state index is 11.9. The Kier molecular flexibility index (Phi) is 3.78. The fourth-order valence-corrected chi connectivity index (χ4v) is 1.53. The second kappa shape index (κ2) is 5.69. The van der Waals surface area contributed by atoms with Crippen LogP contribution in [0.4, 0.5) is 10.5 Å². The van der Waals surface area contributed by atoms with Crippen molar-refractivity contribution in [1.82, 2.24) is 14.9 Å². The molecule has 0 saturated heterocycles. The van der Waals surface area contributed by atoms with E-state index in [1.807, 2.05) is 6.07 Å². The van der Waals surface area contributed by atoms with Crippen LogP contribution in [-0.2, 0) is 6.54 Å². The topological polar surface area (TPSA) is 84.8 Å². The zero-order valence-corrected chi connectivity index (χ0v) is 10.4. The van der Waals surface area contributed by atoms with Crippen molar-refractivity contribution in [3.8, 4) is 6.07 Å². The molecular formula is C13H13N5O. The van der Waals surface area contributed by atoms with Crippen molar-refractivity contribution in [1.29, 1.82) is 5.26 Å². The standard InChI is InChI=1S/C13H13N5O/c1-18(9-12-15-6-7-16-12)13(19)17-11-4-2-10(8-14)3-5-11/h2-7H,9H2,1H3,(H,15,16)(H,17,19). The highest BCUT2D eigenvalue weighted by Crippen LogP contribution is 2.09. The average molecular weight is 255 g/mol. The zero-order valence-electron chi connectivity index (χ0n) is 10.4. The summed E-state index contributed by atoms with van der Waals surface area (Å²) < 4.78 is 0. The van der Waals surface area contributed by atoms with E-state index in [0.29, 0.717) is 17.8 Å². The third kappa shape index (κ3) is 3.33. The van der Waals surface area contributed by atoms with Crippen LogP contribution in [0.1, 0.15) is 11.4 Å². The summed E-state index contributed by atoms with van der Waals surface area (Å²) in [5.74, 6) is 0.720. The van der Waals surface area contributed by atoms with Gasteiger partial charge in [0.15, 0.2) is 0 Å². The molecule has 2 amide bonds. The van der Waals surface area contributed by atoms with Gasteiger partial charge in [-0.3, -0.25) is 0 Å². The van der Waals surface area contributed by atoms with Gasteiger partial charge < -0.3 is 15.2 Å². The minimum Gasteiger partial charge on any atom is -0.347 e. The van der Waals surface area contributed by atoms with Crippen molar-refractivity contribution in [3.05, 3.63) is 48.0 Å². The highest BCUT2D eigenvalue weighted by molar-refractivity contribution is 5.89. The van der Waals surface area contributed by atoms with Gasteiger partial charge in [0, 0.05) is 25.1 Å². The number of carbonyl (C=O) groups is 1. The Morgan fingerprint density at radius 1 is 1.47 bits per heavy atom. The summed E-state index contributed by atoms with van der Waals surface area (Å²) >= 11 is 0. The van der Waals surface area contributed by atoms with E-state index in [4.69, 9.17) is 5.26 Å². The summed E-state index contributed by atoms with van der Waals surface area (Å²) in [6.07, 6.45) is 3.35. The van der Waals surface area contributed by atoms with Crippen molar-refractivity contribution in [2.24, 2.45) is 0 Å². The molecule has 96 valence electrons. The van der Waals surface area contributed by atoms with Gasteiger partial charge in [0.2, 0.25) is 0 Å². The van der Waals surface area contributed by atoms with E-state index in [2.05, 4.69) is 15.3 Å². The number of H-pyrrole nitrogens is 1. The molecule has 2 aromatic rings. The maximum Gasteiger partial charge on any atom is 0.321 e. The van der Waals surface area contributed by atoms with E-state index in [1.165, 1.54) is 4.90 Å². The lowest BCUT2D eigenvalue weighted by Crippen LogP contribution is -2.31. The van der Waals surface area contributed by atoms with E-state index in [0.717, 1.165) is 5.82 Å². The number of rotatable bonds is 3. The molecule has 2 N–H and O–H groups in total. The first kappa shape index (κ1) is 12.6. The Balaban J connectivity index is 1.94. The second-order valence-corrected chi connectivity index (χ2v) is 4.01. The first-order valence-electron chi connectivity index (χ1n) is 5.69. The van der Waals surface area contributed by atoms with Gasteiger partial charge in [-0.15, -0.1) is 0 Å². The average Bonchev–Trinajstić information content (AvgIpc) is 2.92. The summed E-state index contributed by atoms with van der Waals surface area (Å²) in [7, 11) is 1.68. The number of aromatic nitrogens is 2. The molecule has 0 bridgehead atoms. The van der Waals surface area contributed by atoms with E-state index >= 15 is 0 Å². The molecule has 0 atom stereocenters. The zero-order chi connectivity index (χ0) is 13.7. The monoisotopic (exact) mass is 255 g/mol. The molecule has 1 aromatic heterocycles. The van der Waals surface area contributed by atoms with Crippen molar-refractivity contribution >= 4 is 11.7 Å². The van der Waals surface area contributed by atoms with Gasteiger partial charge in [0.1, 0.15) is 5.82 Å². The predicted molar refractivity (Wildman–Crippen MR) is 70.2 cm³/mol. The van der Waals surface area contributed by atoms with Crippen LogP contribution < -0.4 is 5.32 Å². The number of imidazole rings is 1. The Hall–Kier alpha value is -2.81. The van der Waals surface area contributed by atoms with E-state index in [-0.39, 0.29) is 6.03 Å². The van der Waals surface area contributed by atoms with Crippen LogP contribution in [0.25, 0.3) is 0 Å². The van der Waals surface area contributed by atoms with Crippen LogP contribution in [-0.4, -0.2) is 27.9 Å². The second-order valence-electron chi connectivity index (χ2n) is 4.01. The van der Waals surface area contributed by atoms with Gasteiger partial charge in [0.05, 0.1) is 18.2 Å². The number of carbonyl (C=O) groups excluding carboxylic acids is 1. The molecule has 0 fully saturated rings. The van der Waals surface area contributed by atoms with E-state index in [9.17, 15) is 4.79 Å². The Bertz CT molecular complexity index is 582. The van der Waals surface area contributed by atoms with Gasteiger partial charge >= 0.3 is 6.03 Å². The molecule has 0 saturated carbocycles.